The lowest BCUT2D eigenvalue weighted by Gasteiger charge is -2.14. The predicted molar refractivity (Wildman–Crippen MR) is 99.9 cm³/mol. The summed E-state index contributed by atoms with van der Waals surface area (Å²) in [6.45, 7) is 5.63. The minimum absolute atomic E-state index is 0.301. The maximum atomic E-state index is 11.6. The van der Waals surface area contributed by atoms with Gasteiger partial charge in [-0.15, -0.1) is 0 Å². The summed E-state index contributed by atoms with van der Waals surface area (Å²) >= 11 is 0. The zero-order valence-electron chi connectivity index (χ0n) is 15.5. The van der Waals surface area contributed by atoms with Crippen molar-refractivity contribution in [3.8, 4) is 17.6 Å². The van der Waals surface area contributed by atoms with Crippen LogP contribution in [0.2, 0.25) is 0 Å². The van der Waals surface area contributed by atoms with E-state index in [-0.39, 0.29) is 0 Å². The Morgan fingerprint density at radius 1 is 1.16 bits per heavy atom. The molecule has 0 unspecified atom stereocenters. The fourth-order valence-electron chi connectivity index (χ4n) is 2.82. The summed E-state index contributed by atoms with van der Waals surface area (Å²) in [5, 5.41) is 9.30. The molecule has 0 saturated heterocycles. The smallest absolute Gasteiger partial charge is 0.335 e. The summed E-state index contributed by atoms with van der Waals surface area (Å²) in [4.78, 5) is 11.6. The van der Waals surface area contributed by atoms with Crippen molar-refractivity contribution in [1.82, 2.24) is 0 Å². The van der Waals surface area contributed by atoms with Gasteiger partial charge in [0.25, 0.3) is 0 Å². The summed E-state index contributed by atoms with van der Waals surface area (Å²) in [6, 6.07) is 5.45. The molecule has 0 aromatic heterocycles. The van der Waals surface area contributed by atoms with Crippen LogP contribution < -0.4 is 9.47 Å². The molecule has 136 valence electrons. The number of carbonyl (C=O) groups excluding carboxylic acids is 1. The number of hydrogen-bond donors (Lipinski definition) is 0. The Morgan fingerprint density at radius 2 is 1.80 bits per heavy atom. The highest BCUT2D eigenvalue weighted by Gasteiger charge is 2.17. The van der Waals surface area contributed by atoms with Gasteiger partial charge in [0.05, 0.1) is 12.7 Å². The van der Waals surface area contributed by atoms with Gasteiger partial charge in [0.2, 0.25) is 0 Å². The number of esters is 1. The van der Waals surface area contributed by atoms with Crippen molar-refractivity contribution in [3.05, 3.63) is 35.9 Å². The first-order valence-corrected chi connectivity index (χ1v) is 9.12. The van der Waals surface area contributed by atoms with Crippen LogP contribution >= 0.6 is 0 Å². The van der Waals surface area contributed by atoms with Crippen molar-refractivity contribution in [1.29, 1.82) is 5.26 Å². The van der Waals surface area contributed by atoms with Crippen LogP contribution in [-0.2, 0) is 11.2 Å². The van der Waals surface area contributed by atoms with Crippen LogP contribution in [0.3, 0.4) is 0 Å². The Kier molecular flexibility index (Phi) is 10.1. The van der Waals surface area contributed by atoms with Crippen LogP contribution in [-0.4, -0.2) is 13.1 Å². The zero-order chi connectivity index (χ0) is 18.5. The lowest BCUT2D eigenvalue weighted by atomic mass is 10.0. The van der Waals surface area contributed by atoms with Gasteiger partial charge in [0.1, 0.15) is 11.8 Å². The van der Waals surface area contributed by atoms with Gasteiger partial charge in [-0.3, -0.25) is 0 Å². The van der Waals surface area contributed by atoms with Crippen molar-refractivity contribution in [3.63, 3.8) is 0 Å². The Labute approximate surface area is 151 Å². The van der Waals surface area contributed by atoms with Crippen LogP contribution in [0.15, 0.2) is 24.8 Å². The highest BCUT2D eigenvalue weighted by Crippen LogP contribution is 2.34. The Morgan fingerprint density at radius 3 is 2.36 bits per heavy atom. The third-order valence-electron chi connectivity index (χ3n) is 4.21. The van der Waals surface area contributed by atoms with Gasteiger partial charge in [-0.05, 0) is 25.0 Å². The molecule has 1 aromatic rings. The largest absolute Gasteiger partial charge is 0.496 e. The second kappa shape index (κ2) is 12.1. The lowest BCUT2D eigenvalue weighted by Crippen LogP contribution is -2.08. The normalized spacial score (nSPS) is 10.1. The van der Waals surface area contributed by atoms with Gasteiger partial charge in [-0.1, -0.05) is 58.4 Å². The maximum Gasteiger partial charge on any atom is 0.335 e. The van der Waals surface area contributed by atoms with Crippen LogP contribution in [0.4, 0.5) is 0 Å². The minimum atomic E-state index is -0.568. The number of nitriles is 1. The number of unbranched alkanes of at least 4 members (excludes halogenated alkanes) is 7. The fraction of sp³-hybridized carbons (Fsp3) is 0.524. The van der Waals surface area contributed by atoms with Crippen LogP contribution in [0.25, 0.3) is 0 Å². The molecule has 0 saturated carbocycles. The second-order valence-electron chi connectivity index (χ2n) is 6.08. The molecule has 0 aliphatic heterocycles. The van der Waals surface area contributed by atoms with Gasteiger partial charge in [-0.2, -0.15) is 5.26 Å². The number of benzene rings is 1. The molecule has 25 heavy (non-hydrogen) atoms. The quantitative estimate of drug-likeness (QED) is 0.222. The van der Waals surface area contributed by atoms with Crippen LogP contribution in [0.5, 0.6) is 11.5 Å². The van der Waals surface area contributed by atoms with E-state index < -0.39 is 5.97 Å². The van der Waals surface area contributed by atoms with Crippen LogP contribution in [0, 0.1) is 11.3 Å². The summed E-state index contributed by atoms with van der Waals surface area (Å²) < 4.78 is 10.7. The van der Waals surface area contributed by atoms with E-state index in [2.05, 4.69) is 19.6 Å². The fourth-order valence-corrected chi connectivity index (χ4v) is 2.82. The summed E-state index contributed by atoms with van der Waals surface area (Å²) in [5.41, 5.74) is 1.12. The summed E-state index contributed by atoms with van der Waals surface area (Å²) in [7, 11) is 1.58. The third-order valence-corrected chi connectivity index (χ3v) is 4.21. The number of rotatable bonds is 12. The molecule has 0 atom stereocenters. The molecule has 0 amide bonds. The van der Waals surface area contributed by atoms with E-state index >= 15 is 0 Å². The Bertz CT molecular complexity index is 602. The first kappa shape index (κ1) is 20.8. The molecule has 0 heterocycles. The monoisotopic (exact) mass is 343 g/mol. The van der Waals surface area contributed by atoms with Crippen molar-refractivity contribution in [2.75, 3.05) is 7.11 Å². The molecule has 0 N–H and O–H groups in total. The summed E-state index contributed by atoms with van der Waals surface area (Å²) in [5.74, 6) is 0.380. The number of methoxy groups -OCH3 is 1. The highest BCUT2D eigenvalue weighted by atomic mass is 16.5. The van der Waals surface area contributed by atoms with Gasteiger partial charge in [0.15, 0.2) is 5.75 Å². The van der Waals surface area contributed by atoms with E-state index in [1.807, 2.05) is 0 Å². The van der Waals surface area contributed by atoms with Crippen molar-refractivity contribution < 1.29 is 14.3 Å². The molecule has 4 heteroatoms. The maximum absolute atomic E-state index is 11.6. The highest BCUT2D eigenvalue weighted by molar-refractivity contribution is 5.84. The molecular formula is C21H29NO3. The van der Waals surface area contributed by atoms with E-state index in [1.165, 1.54) is 38.5 Å². The zero-order valence-corrected chi connectivity index (χ0v) is 15.5. The van der Waals surface area contributed by atoms with E-state index in [9.17, 15) is 10.1 Å². The van der Waals surface area contributed by atoms with E-state index in [0.717, 1.165) is 24.5 Å². The first-order valence-electron chi connectivity index (χ1n) is 9.12. The molecule has 0 radical (unpaired) electrons. The molecule has 0 aliphatic rings. The molecule has 0 fully saturated rings. The van der Waals surface area contributed by atoms with Crippen molar-refractivity contribution in [2.24, 2.45) is 0 Å². The van der Waals surface area contributed by atoms with Crippen molar-refractivity contribution in [2.45, 2.75) is 64.7 Å². The average Bonchev–Trinajstić information content (AvgIpc) is 2.64. The van der Waals surface area contributed by atoms with Gasteiger partial charge in [0, 0.05) is 11.6 Å². The van der Waals surface area contributed by atoms with Crippen molar-refractivity contribution >= 4 is 5.97 Å². The average molecular weight is 343 g/mol. The van der Waals surface area contributed by atoms with E-state index in [4.69, 9.17) is 9.47 Å². The SMILES string of the molecule is C=CC(=O)Oc1c(C#N)ccc(OC)c1CCCCCCCCCC. The molecule has 1 rings (SSSR count). The number of carbonyl (C=O) groups is 1. The number of hydrogen-bond acceptors (Lipinski definition) is 4. The molecule has 0 bridgehead atoms. The lowest BCUT2D eigenvalue weighted by molar-refractivity contribution is -0.129. The second-order valence-corrected chi connectivity index (χ2v) is 6.08. The third kappa shape index (κ3) is 7.01. The standard InChI is InChI=1S/C21H29NO3/c1-4-6-7-8-9-10-11-12-13-18-19(24-3)15-14-17(16-22)21(18)25-20(23)5-2/h5,14-15H,2,4,6-13H2,1,3H3. The number of ether oxygens (including phenoxy) is 2. The van der Waals surface area contributed by atoms with Gasteiger partial charge < -0.3 is 9.47 Å². The molecule has 1 aromatic carbocycles. The molecule has 0 aliphatic carbocycles. The molecule has 4 nitrogen and oxygen atoms in total. The van der Waals surface area contributed by atoms with Gasteiger partial charge >= 0.3 is 5.97 Å². The van der Waals surface area contributed by atoms with Crippen LogP contribution in [0.1, 0.15) is 69.4 Å². The molecular weight excluding hydrogens is 314 g/mol. The summed E-state index contributed by atoms with van der Waals surface area (Å²) in [6.07, 6.45) is 11.5. The number of nitrogens with zero attached hydrogens (tertiary/aromatic N) is 1. The predicted octanol–water partition coefficient (Wildman–Crippen LogP) is 5.34. The van der Waals surface area contributed by atoms with E-state index in [0.29, 0.717) is 23.5 Å². The minimum Gasteiger partial charge on any atom is -0.496 e. The Hall–Kier alpha value is -2.28. The first-order chi connectivity index (χ1) is 12.2. The topological polar surface area (TPSA) is 59.3 Å². The molecule has 0 spiro atoms. The Balaban J connectivity index is 2.71. The van der Waals surface area contributed by atoms with E-state index in [1.54, 1.807) is 19.2 Å². The van der Waals surface area contributed by atoms with Gasteiger partial charge in [-0.25, -0.2) is 4.79 Å².